The predicted octanol–water partition coefficient (Wildman–Crippen LogP) is -2.20. The normalized spacial score (nSPS) is 9.89. The molecular formula is C10H8KN3O2S3. The summed E-state index contributed by atoms with van der Waals surface area (Å²) < 4.78 is 1.64. The van der Waals surface area contributed by atoms with Gasteiger partial charge in [0.25, 0.3) is 0 Å². The molecule has 1 aromatic carbocycles. The van der Waals surface area contributed by atoms with Crippen molar-refractivity contribution in [2.45, 2.75) is 4.34 Å². The van der Waals surface area contributed by atoms with Crippen molar-refractivity contribution in [3.63, 3.8) is 0 Å². The molecule has 5 nitrogen and oxygen atoms in total. The molecule has 9 heteroatoms. The van der Waals surface area contributed by atoms with Crippen LogP contribution in [0.2, 0.25) is 0 Å². The SMILES string of the molecule is NC(=S)Nc1ccc2nc(SCC(=O)[O-])sc2c1.[K+]. The summed E-state index contributed by atoms with van der Waals surface area (Å²) in [5, 5.41) is 13.4. The van der Waals surface area contributed by atoms with E-state index < -0.39 is 5.97 Å². The molecule has 2 rings (SSSR count). The van der Waals surface area contributed by atoms with Crippen LogP contribution < -0.4 is 67.5 Å². The van der Waals surface area contributed by atoms with Gasteiger partial charge < -0.3 is 21.0 Å². The number of nitrogens with two attached hydrogens (primary N) is 1. The molecule has 0 unspecified atom stereocenters. The molecule has 0 amide bonds. The van der Waals surface area contributed by atoms with E-state index in [0.717, 1.165) is 27.7 Å². The minimum atomic E-state index is -1.10. The number of aliphatic carboxylic acids is 1. The van der Waals surface area contributed by atoms with Gasteiger partial charge in [0, 0.05) is 11.4 Å². The first-order valence-electron chi connectivity index (χ1n) is 4.84. The fourth-order valence-corrected chi connectivity index (χ4v) is 3.25. The Bertz CT molecular complexity index is 617. The number of hydrogen-bond acceptors (Lipinski definition) is 6. The number of benzene rings is 1. The van der Waals surface area contributed by atoms with Crippen LogP contribution in [0.4, 0.5) is 5.69 Å². The molecule has 94 valence electrons. The molecule has 0 radical (unpaired) electrons. The molecule has 0 aliphatic rings. The zero-order valence-corrected chi connectivity index (χ0v) is 15.6. The van der Waals surface area contributed by atoms with Crippen LogP contribution in [0.3, 0.4) is 0 Å². The van der Waals surface area contributed by atoms with Crippen LogP contribution in [-0.4, -0.2) is 21.8 Å². The van der Waals surface area contributed by atoms with Crippen molar-refractivity contribution in [2.75, 3.05) is 11.1 Å². The van der Waals surface area contributed by atoms with Crippen LogP contribution in [0.25, 0.3) is 10.2 Å². The van der Waals surface area contributed by atoms with E-state index in [9.17, 15) is 9.90 Å². The molecule has 0 saturated heterocycles. The Balaban J connectivity index is 0.00000180. The van der Waals surface area contributed by atoms with Gasteiger partial charge in [-0.1, -0.05) is 11.8 Å². The maximum atomic E-state index is 10.4. The standard InChI is InChI=1S/C10H9N3O2S3.K/c11-9(16)12-5-1-2-6-7(3-5)18-10(13-6)17-4-8(14)15;/h1-3H,4H2,(H,14,15)(H3,11,12,16);/q;+1/p-1. The van der Waals surface area contributed by atoms with Gasteiger partial charge in [0.2, 0.25) is 0 Å². The quantitative estimate of drug-likeness (QED) is 0.372. The molecule has 2 aromatic rings. The van der Waals surface area contributed by atoms with Crippen LogP contribution in [-0.2, 0) is 4.79 Å². The number of hydrogen-bond donors (Lipinski definition) is 2. The number of aromatic nitrogens is 1. The number of carboxylic acids is 1. The zero-order chi connectivity index (χ0) is 13.1. The summed E-state index contributed by atoms with van der Waals surface area (Å²) in [6, 6.07) is 5.51. The molecule has 0 aliphatic heterocycles. The summed E-state index contributed by atoms with van der Waals surface area (Å²) in [5.41, 5.74) is 6.99. The van der Waals surface area contributed by atoms with Crippen LogP contribution in [0, 0.1) is 0 Å². The van der Waals surface area contributed by atoms with Gasteiger partial charge in [0.05, 0.1) is 16.2 Å². The minimum Gasteiger partial charge on any atom is -0.549 e. The van der Waals surface area contributed by atoms with Crippen LogP contribution in [0.15, 0.2) is 22.5 Å². The van der Waals surface area contributed by atoms with E-state index in [1.807, 2.05) is 18.2 Å². The fourth-order valence-electron chi connectivity index (χ4n) is 1.31. The third-order valence-corrected chi connectivity index (χ3v) is 4.19. The van der Waals surface area contributed by atoms with Gasteiger partial charge in [-0.15, -0.1) is 11.3 Å². The van der Waals surface area contributed by atoms with Gasteiger partial charge >= 0.3 is 51.4 Å². The van der Waals surface area contributed by atoms with Crippen molar-refractivity contribution in [3.8, 4) is 0 Å². The van der Waals surface area contributed by atoms with E-state index in [1.54, 1.807) is 0 Å². The number of thioether (sulfide) groups is 1. The van der Waals surface area contributed by atoms with Gasteiger partial charge in [-0.05, 0) is 30.4 Å². The average molecular weight is 337 g/mol. The van der Waals surface area contributed by atoms with Gasteiger partial charge in [-0.3, -0.25) is 0 Å². The second-order valence-electron chi connectivity index (χ2n) is 3.31. The summed E-state index contributed by atoms with van der Waals surface area (Å²) in [4.78, 5) is 14.7. The number of anilines is 1. The molecule has 19 heavy (non-hydrogen) atoms. The number of carbonyl (C=O) groups excluding carboxylic acids is 1. The number of carboxylic acid groups (broad SMARTS) is 1. The fraction of sp³-hybridized carbons (Fsp3) is 0.100. The summed E-state index contributed by atoms with van der Waals surface area (Å²) in [6.07, 6.45) is 0. The summed E-state index contributed by atoms with van der Waals surface area (Å²) in [6.45, 7) is 0. The third-order valence-electron chi connectivity index (χ3n) is 1.95. The number of rotatable bonds is 4. The summed E-state index contributed by atoms with van der Waals surface area (Å²) in [5.74, 6) is -1.20. The van der Waals surface area contributed by atoms with E-state index in [4.69, 9.17) is 18.0 Å². The predicted molar refractivity (Wildman–Crippen MR) is 75.8 cm³/mol. The van der Waals surface area contributed by atoms with Gasteiger partial charge in [-0.2, -0.15) is 0 Å². The van der Waals surface area contributed by atoms with E-state index >= 15 is 0 Å². The maximum absolute atomic E-state index is 10.4. The zero-order valence-electron chi connectivity index (χ0n) is 10.0. The van der Waals surface area contributed by atoms with Crippen molar-refractivity contribution in [1.82, 2.24) is 4.98 Å². The Kier molecular flexibility index (Phi) is 7.18. The molecule has 0 bridgehead atoms. The molecule has 0 fully saturated rings. The summed E-state index contributed by atoms with van der Waals surface area (Å²) in [7, 11) is 0. The summed E-state index contributed by atoms with van der Waals surface area (Å²) >= 11 is 7.32. The number of thiocarbonyl (C=S) groups is 1. The monoisotopic (exact) mass is 337 g/mol. The van der Waals surface area contributed by atoms with Crippen molar-refractivity contribution < 1.29 is 61.3 Å². The van der Waals surface area contributed by atoms with E-state index in [2.05, 4.69) is 10.3 Å². The molecule has 0 spiro atoms. The van der Waals surface area contributed by atoms with Crippen molar-refractivity contribution in [3.05, 3.63) is 18.2 Å². The molecule has 0 saturated carbocycles. The van der Waals surface area contributed by atoms with Crippen molar-refractivity contribution >= 4 is 62.3 Å². The second kappa shape index (κ2) is 7.89. The first-order chi connectivity index (χ1) is 8.54. The molecule has 1 aromatic heterocycles. The Morgan fingerprint density at radius 3 is 2.95 bits per heavy atom. The first kappa shape index (κ1) is 17.3. The van der Waals surface area contributed by atoms with Crippen molar-refractivity contribution in [1.29, 1.82) is 0 Å². The molecule has 0 aliphatic carbocycles. The number of nitrogens with zero attached hydrogens (tertiary/aromatic N) is 1. The Labute approximate surface area is 165 Å². The Morgan fingerprint density at radius 1 is 1.58 bits per heavy atom. The van der Waals surface area contributed by atoms with Gasteiger partial charge in [0.1, 0.15) is 0 Å². The third kappa shape index (κ3) is 5.27. The van der Waals surface area contributed by atoms with E-state index in [1.165, 1.54) is 11.3 Å². The maximum Gasteiger partial charge on any atom is 1.00 e. The molecule has 1 heterocycles. The van der Waals surface area contributed by atoms with Gasteiger partial charge in [-0.25, -0.2) is 4.98 Å². The minimum absolute atomic E-state index is 0. The van der Waals surface area contributed by atoms with E-state index in [-0.39, 0.29) is 62.2 Å². The number of fused-ring (bicyclic) bond motifs is 1. The molecular weight excluding hydrogens is 329 g/mol. The average Bonchev–Trinajstić information content (AvgIpc) is 2.67. The van der Waals surface area contributed by atoms with Crippen LogP contribution >= 0.6 is 35.3 Å². The smallest absolute Gasteiger partial charge is 0.549 e. The van der Waals surface area contributed by atoms with Crippen LogP contribution in [0.1, 0.15) is 0 Å². The first-order valence-corrected chi connectivity index (χ1v) is 7.05. The second-order valence-corrected chi connectivity index (χ2v) is 6.01. The number of thiazole rings is 1. The van der Waals surface area contributed by atoms with Crippen LogP contribution in [0.5, 0.6) is 0 Å². The Hall–Kier alpha value is 0.256. The Morgan fingerprint density at radius 2 is 2.32 bits per heavy atom. The van der Waals surface area contributed by atoms with Crippen molar-refractivity contribution in [2.24, 2.45) is 5.73 Å². The topological polar surface area (TPSA) is 91.1 Å². The number of carbonyl (C=O) groups is 1. The van der Waals surface area contributed by atoms with Gasteiger partial charge in [0.15, 0.2) is 9.45 Å². The largest absolute Gasteiger partial charge is 1.00 e. The number of nitrogens with one attached hydrogen (secondary N) is 1. The molecule has 0 atom stereocenters. The molecule has 3 N–H and O–H groups in total. The van der Waals surface area contributed by atoms with E-state index in [0.29, 0.717) is 4.34 Å².